The first-order valence-corrected chi connectivity index (χ1v) is 6.71. The summed E-state index contributed by atoms with van der Waals surface area (Å²) in [6.07, 6.45) is 0. The van der Waals surface area contributed by atoms with Crippen molar-refractivity contribution in [1.29, 1.82) is 0 Å². The fraction of sp³-hybridized carbons (Fsp3) is 0.571. The van der Waals surface area contributed by atoms with Crippen molar-refractivity contribution in [2.75, 3.05) is 32.2 Å². The summed E-state index contributed by atoms with van der Waals surface area (Å²) in [5, 5.41) is 11.1. The van der Waals surface area contributed by atoms with Gasteiger partial charge in [-0.25, -0.2) is 5.01 Å². The molecule has 0 aromatic heterocycles. The van der Waals surface area contributed by atoms with Crippen LogP contribution in [0.15, 0.2) is 40.7 Å². The van der Waals surface area contributed by atoms with E-state index in [4.69, 9.17) is 0 Å². The predicted molar refractivity (Wildman–Crippen MR) is 75.8 cm³/mol. The molecule has 1 fully saturated rings. The smallest absolute Gasteiger partial charge is 0.200 e. The van der Waals surface area contributed by atoms with Gasteiger partial charge in [0.15, 0.2) is 5.79 Å². The van der Waals surface area contributed by atoms with E-state index >= 15 is 0 Å². The standard InChI is InChI=1S/C14H21N5/c1-13(2)14(17(3)10-11-18(14)4)19(16-15-13)12-8-6-5-7-9-12/h5-9H,10-11H2,1-4H3. The third-order valence-electron chi connectivity index (χ3n) is 4.34. The van der Waals surface area contributed by atoms with Crippen LogP contribution >= 0.6 is 0 Å². The first kappa shape index (κ1) is 12.6. The van der Waals surface area contributed by atoms with E-state index < -0.39 is 0 Å². The molecular weight excluding hydrogens is 238 g/mol. The molecule has 0 unspecified atom stereocenters. The molecule has 1 saturated heterocycles. The Kier molecular flexibility index (Phi) is 2.66. The minimum absolute atomic E-state index is 0.275. The Balaban J connectivity index is 2.13. The Morgan fingerprint density at radius 3 is 2.16 bits per heavy atom. The van der Waals surface area contributed by atoms with Crippen molar-refractivity contribution in [3.05, 3.63) is 30.3 Å². The second-order valence-electron chi connectivity index (χ2n) is 5.87. The maximum absolute atomic E-state index is 4.53. The molecule has 2 aliphatic rings. The maximum atomic E-state index is 4.53. The lowest BCUT2D eigenvalue weighted by molar-refractivity contribution is 0.00237. The summed E-state index contributed by atoms with van der Waals surface area (Å²) in [7, 11) is 4.30. The third kappa shape index (κ3) is 1.48. The molecule has 0 amide bonds. The van der Waals surface area contributed by atoms with Gasteiger partial charge in [-0.05, 0) is 40.1 Å². The Hall–Kier alpha value is -1.46. The van der Waals surface area contributed by atoms with Crippen LogP contribution in [-0.2, 0) is 0 Å². The molecule has 2 heterocycles. The minimum atomic E-state index is -0.311. The van der Waals surface area contributed by atoms with Gasteiger partial charge in [-0.15, -0.1) is 0 Å². The molecule has 0 atom stereocenters. The Morgan fingerprint density at radius 2 is 1.58 bits per heavy atom. The summed E-state index contributed by atoms with van der Waals surface area (Å²) < 4.78 is 0. The fourth-order valence-corrected chi connectivity index (χ4v) is 3.51. The highest BCUT2D eigenvalue weighted by molar-refractivity contribution is 5.50. The molecule has 5 nitrogen and oxygen atoms in total. The molecule has 102 valence electrons. The Labute approximate surface area is 114 Å². The van der Waals surface area contributed by atoms with Crippen LogP contribution < -0.4 is 5.01 Å². The zero-order valence-corrected chi connectivity index (χ0v) is 12.0. The van der Waals surface area contributed by atoms with E-state index in [0.29, 0.717) is 0 Å². The molecule has 3 rings (SSSR count). The SMILES string of the molecule is CN1CCN(C)C12N(c1ccccc1)N=NC2(C)C. The molecule has 0 saturated carbocycles. The number of rotatable bonds is 1. The molecule has 19 heavy (non-hydrogen) atoms. The third-order valence-corrected chi connectivity index (χ3v) is 4.34. The molecule has 0 N–H and O–H groups in total. The molecule has 0 bridgehead atoms. The van der Waals surface area contributed by atoms with Crippen LogP contribution in [0.4, 0.5) is 5.69 Å². The van der Waals surface area contributed by atoms with Gasteiger partial charge in [0, 0.05) is 13.1 Å². The van der Waals surface area contributed by atoms with Gasteiger partial charge in [0.25, 0.3) is 0 Å². The van der Waals surface area contributed by atoms with Crippen molar-refractivity contribution in [2.45, 2.75) is 25.2 Å². The van der Waals surface area contributed by atoms with Gasteiger partial charge in [-0.3, -0.25) is 9.80 Å². The van der Waals surface area contributed by atoms with E-state index in [2.05, 4.69) is 65.2 Å². The highest BCUT2D eigenvalue weighted by Gasteiger charge is 2.62. The summed E-state index contributed by atoms with van der Waals surface area (Å²) in [4.78, 5) is 4.69. The van der Waals surface area contributed by atoms with Gasteiger partial charge in [0.05, 0.1) is 5.69 Å². The lowest BCUT2D eigenvalue weighted by Gasteiger charge is -2.48. The zero-order valence-electron chi connectivity index (χ0n) is 12.0. The molecule has 1 aromatic rings. The molecule has 1 spiro atoms. The number of likely N-dealkylation sites (N-methyl/N-ethyl adjacent to an activating group) is 2. The monoisotopic (exact) mass is 259 g/mol. The number of nitrogens with zero attached hydrogens (tertiary/aromatic N) is 5. The van der Waals surface area contributed by atoms with Crippen LogP contribution in [0.2, 0.25) is 0 Å². The van der Waals surface area contributed by atoms with Crippen LogP contribution in [0.1, 0.15) is 13.8 Å². The second kappa shape index (κ2) is 4.02. The predicted octanol–water partition coefficient (Wildman–Crippen LogP) is 2.18. The molecular formula is C14H21N5. The largest absolute Gasteiger partial charge is 0.266 e. The van der Waals surface area contributed by atoms with E-state index in [1.54, 1.807) is 0 Å². The summed E-state index contributed by atoms with van der Waals surface area (Å²) >= 11 is 0. The van der Waals surface area contributed by atoms with E-state index in [0.717, 1.165) is 18.8 Å². The summed E-state index contributed by atoms with van der Waals surface area (Å²) in [5.74, 6) is -0.311. The van der Waals surface area contributed by atoms with Crippen LogP contribution in [0, 0.1) is 0 Å². The lowest BCUT2D eigenvalue weighted by Crippen LogP contribution is -2.69. The summed E-state index contributed by atoms with van der Waals surface area (Å²) in [5.41, 5.74) is 0.806. The molecule has 2 aliphatic heterocycles. The minimum Gasteiger partial charge on any atom is -0.266 e. The van der Waals surface area contributed by atoms with Gasteiger partial charge in [0.1, 0.15) is 5.54 Å². The Bertz CT molecular complexity index is 486. The van der Waals surface area contributed by atoms with Crippen LogP contribution in [0.3, 0.4) is 0 Å². The summed E-state index contributed by atoms with van der Waals surface area (Å²) in [6.45, 7) is 6.35. The van der Waals surface area contributed by atoms with Crippen molar-refractivity contribution in [2.24, 2.45) is 10.3 Å². The first-order chi connectivity index (χ1) is 9.00. The van der Waals surface area contributed by atoms with E-state index in [9.17, 15) is 0 Å². The van der Waals surface area contributed by atoms with Crippen LogP contribution in [0.5, 0.6) is 0 Å². The van der Waals surface area contributed by atoms with Gasteiger partial charge in [-0.1, -0.05) is 23.4 Å². The van der Waals surface area contributed by atoms with Crippen molar-refractivity contribution in [1.82, 2.24) is 9.80 Å². The van der Waals surface area contributed by atoms with Gasteiger partial charge in [-0.2, -0.15) is 5.11 Å². The van der Waals surface area contributed by atoms with Gasteiger partial charge >= 0.3 is 0 Å². The molecule has 1 aromatic carbocycles. The highest BCUT2D eigenvalue weighted by Crippen LogP contribution is 2.46. The van der Waals surface area contributed by atoms with Gasteiger partial charge < -0.3 is 0 Å². The van der Waals surface area contributed by atoms with E-state index in [1.807, 2.05) is 18.2 Å². The number of anilines is 1. The highest BCUT2D eigenvalue weighted by atomic mass is 15.8. The zero-order chi connectivity index (χ0) is 13.7. The molecule has 0 radical (unpaired) electrons. The molecule has 5 heteroatoms. The van der Waals surface area contributed by atoms with Crippen LogP contribution in [0.25, 0.3) is 0 Å². The number of para-hydroxylation sites is 1. The van der Waals surface area contributed by atoms with E-state index in [-0.39, 0.29) is 11.3 Å². The van der Waals surface area contributed by atoms with Crippen molar-refractivity contribution >= 4 is 5.69 Å². The normalized spacial score (nSPS) is 25.6. The quantitative estimate of drug-likeness (QED) is 0.775. The first-order valence-electron chi connectivity index (χ1n) is 6.71. The number of hydrogen-bond acceptors (Lipinski definition) is 5. The van der Waals surface area contributed by atoms with Crippen molar-refractivity contribution in [3.63, 3.8) is 0 Å². The number of benzene rings is 1. The fourth-order valence-electron chi connectivity index (χ4n) is 3.51. The van der Waals surface area contributed by atoms with Gasteiger partial charge in [0.2, 0.25) is 0 Å². The topological polar surface area (TPSA) is 34.4 Å². The number of hydrogen-bond donors (Lipinski definition) is 0. The Morgan fingerprint density at radius 1 is 1.00 bits per heavy atom. The van der Waals surface area contributed by atoms with Crippen LogP contribution in [-0.4, -0.2) is 48.3 Å². The average Bonchev–Trinajstić information content (AvgIpc) is 2.85. The lowest BCUT2D eigenvalue weighted by atomic mass is 9.94. The summed E-state index contributed by atoms with van der Waals surface area (Å²) in [6, 6.07) is 10.3. The second-order valence-corrected chi connectivity index (χ2v) is 5.87. The van der Waals surface area contributed by atoms with E-state index in [1.165, 1.54) is 0 Å². The van der Waals surface area contributed by atoms with Crippen molar-refractivity contribution in [3.8, 4) is 0 Å². The maximum Gasteiger partial charge on any atom is 0.200 e. The molecule has 0 aliphatic carbocycles. The average molecular weight is 259 g/mol. The van der Waals surface area contributed by atoms with Crippen molar-refractivity contribution < 1.29 is 0 Å².